The van der Waals surface area contributed by atoms with E-state index in [1.165, 1.54) is 24.1 Å². The van der Waals surface area contributed by atoms with Crippen LogP contribution in [-0.2, 0) is 9.84 Å². The van der Waals surface area contributed by atoms with E-state index in [4.69, 9.17) is 16.3 Å². The molecule has 24 heavy (non-hydrogen) atoms. The van der Waals surface area contributed by atoms with Gasteiger partial charge in [-0.05, 0) is 42.5 Å². The van der Waals surface area contributed by atoms with Crippen molar-refractivity contribution in [3.8, 4) is 5.75 Å². The van der Waals surface area contributed by atoms with Gasteiger partial charge >= 0.3 is 0 Å². The summed E-state index contributed by atoms with van der Waals surface area (Å²) in [5, 5.41) is -0.113. The Kier molecular flexibility index (Phi) is 4.51. The number of methoxy groups -OCH3 is 1. The van der Waals surface area contributed by atoms with Gasteiger partial charge in [0, 0.05) is 23.7 Å². The maximum atomic E-state index is 12.6. The number of likely N-dealkylation sites (tertiary alicyclic amines) is 1. The lowest BCUT2D eigenvalue weighted by Gasteiger charge is -2.38. The van der Waals surface area contributed by atoms with Crippen molar-refractivity contribution >= 4 is 27.3 Å². The summed E-state index contributed by atoms with van der Waals surface area (Å²) in [6.45, 7) is 0.361. The van der Waals surface area contributed by atoms with Crippen molar-refractivity contribution in [3.63, 3.8) is 0 Å². The Labute approximate surface area is 145 Å². The van der Waals surface area contributed by atoms with E-state index >= 15 is 0 Å². The lowest BCUT2D eigenvalue weighted by molar-refractivity contribution is 0.0659. The lowest BCUT2D eigenvalue weighted by atomic mass is 10.1. The van der Waals surface area contributed by atoms with Crippen molar-refractivity contribution in [2.75, 3.05) is 20.2 Å². The fourth-order valence-electron chi connectivity index (χ4n) is 2.56. The first kappa shape index (κ1) is 16.8. The van der Waals surface area contributed by atoms with Crippen molar-refractivity contribution in [1.82, 2.24) is 4.90 Å². The zero-order chi connectivity index (χ0) is 17.3. The maximum Gasteiger partial charge on any atom is 0.253 e. The van der Waals surface area contributed by atoms with Crippen LogP contribution in [0.2, 0.25) is 5.02 Å². The third kappa shape index (κ3) is 3.12. The van der Waals surface area contributed by atoms with Crippen LogP contribution in [-0.4, -0.2) is 44.7 Å². The Hall–Kier alpha value is -2.05. The molecule has 5 nitrogen and oxygen atoms in total. The summed E-state index contributed by atoms with van der Waals surface area (Å²) in [5.41, 5.74) is 0.461. The smallest absolute Gasteiger partial charge is 0.253 e. The van der Waals surface area contributed by atoms with Gasteiger partial charge in [0.1, 0.15) is 11.0 Å². The molecule has 3 rings (SSSR count). The van der Waals surface area contributed by atoms with Crippen LogP contribution in [0.5, 0.6) is 5.75 Å². The molecule has 1 fully saturated rings. The van der Waals surface area contributed by atoms with Crippen LogP contribution < -0.4 is 4.74 Å². The molecule has 1 amide bonds. The van der Waals surface area contributed by atoms with Crippen LogP contribution in [0.3, 0.4) is 0 Å². The Morgan fingerprint density at radius 2 is 1.83 bits per heavy atom. The number of rotatable bonds is 4. The molecule has 0 bridgehead atoms. The molecular weight excluding hydrogens is 350 g/mol. The number of ether oxygens (including phenoxy) is 1. The lowest BCUT2D eigenvalue weighted by Crippen LogP contribution is -2.56. The minimum Gasteiger partial charge on any atom is -0.497 e. The second-order valence-electron chi connectivity index (χ2n) is 5.56. The molecule has 0 aliphatic carbocycles. The van der Waals surface area contributed by atoms with Crippen LogP contribution in [0.1, 0.15) is 10.4 Å². The molecule has 0 radical (unpaired) electrons. The highest BCUT2D eigenvalue weighted by Gasteiger charge is 2.40. The van der Waals surface area contributed by atoms with Gasteiger partial charge in [-0.15, -0.1) is 0 Å². The Morgan fingerprint density at radius 1 is 1.17 bits per heavy atom. The molecule has 0 aromatic heterocycles. The van der Waals surface area contributed by atoms with Crippen molar-refractivity contribution in [3.05, 3.63) is 59.1 Å². The average molecular weight is 366 g/mol. The summed E-state index contributed by atoms with van der Waals surface area (Å²) in [5.74, 6) is 0.388. The second kappa shape index (κ2) is 6.45. The van der Waals surface area contributed by atoms with Crippen LogP contribution in [0.25, 0.3) is 0 Å². The SMILES string of the molecule is COc1ccc(S(=O)(=O)C2CN(C(=O)c3cccc(Cl)c3)C2)cc1. The van der Waals surface area contributed by atoms with Gasteiger partial charge in [-0.3, -0.25) is 4.79 Å². The minimum atomic E-state index is -3.46. The van der Waals surface area contributed by atoms with E-state index in [9.17, 15) is 13.2 Å². The number of carbonyl (C=O) groups is 1. The van der Waals surface area contributed by atoms with Gasteiger partial charge in [0.15, 0.2) is 9.84 Å². The molecule has 126 valence electrons. The van der Waals surface area contributed by atoms with Crippen molar-refractivity contribution in [2.45, 2.75) is 10.1 Å². The van der Waals surface area contributed by atoms with E-state index < -0.39 is 15.1 Å². The summed E-state index contributed by atoms with van der Waals surface area (Å²) in [6, 6.07) is 12.9. The van der Waals surface area contributed by atoms with Crippen LogP contribution in [0.15, 0.2) is 53.4 Å². The molecule has 0 unspecified atom stereocenters. The van der Waals surface area contributed by atoms with Crippen molar-refractivity contribution < 1.29 is 17.9 Å². The minimum absolute atomic E-state index is 0.180. The number of sulfone groups is 1. The molecule has 1 aliphatic rings. The van der Waals surface area contributed by atoms with Crippen molar-refractivity contribution in [1.29, 1.82) is 0 Å². The normalized spacial score (nSPS) is 15.0. The molecular formula is C17H16ClNO4S. The highest BCUT2D eigenvalue weighted by atomic mass is 35.5. The molecule has 2 aromatic carbocycles. The van der Waals surface area contributed by atoms with Gasteiger partial charge < -0.3 is 9.64 Å². The summed E-state index contributed by atoms with van der Waals surface area (Å²) in [6.07, 6.45) is 0. The number of nitrogens with zero attached hydrogens (tertiary/aromatic N) is 1. The molecule has 7 heteroatoms. The standard InChI is InChI=1S/C17H16ClNO4S/c1-23-14-5-7-15(8-6-14)24(21,22)16-10-19(11-16)17(20)12-3-2-4-13(18)9-12/h2-9,16H,10-11H2,1H3. The molecule has 2 aromatic rings. The highest BCUT2D eigenvalue weighted by Crippen LogP contribution is 2.26. The number of hydrogen-bond acceptors (Lipinski definition) is 4. The summed E-state index contributed by atoms with van der Waals surface area (Å²) < 4.78 is 30.2. The number of halogens is 1. The predicted octanol–water partition coefficient (Wildman–Crippen LogP) is 2.65. The zero-order valence-corrected chi connectivity index (χ0v) is 14.5. The van der Waals surface area contributed by atoms with Crippen LogP contribution in [0, 0.1) is 0 Å². The van der Waals surface area contributed by atoms with Crippen molar-refractivity contribution in [2.24, 2.45) is 0 Å². The number of benzene rings is 2. The van der Waals surface area contributed by atoms with Crippen LogP contribution >= 0.6 is 11.6 Å². The van der Waals surface area contributed by atoms with E-state index in [0.717, 1.165) is 0 Å². The zero-order valence-electron chi connectivity index (χ0n) is 13.0. The molecule has 0 spiro atoms. The molecule has 0 saturated carbocycles. The van der Waals surface area contributed by atoms with E-state index in [0.29, 0.717) is 16.3 Å². The summed E-state index contributed by atoms with van der Waals surface area (Å²) in [4.78, 5) is 14.1. The summed E-state index contributed by atoms with van der Waals surface area (Å²) >= 11 is 5.88. The summed E-state index contributed by atoms with van der Waals surface area (Å²) in [7, 11) is -1.94. The first-order chi connectivity index (χ1) is 11.4. The molecule has 1 aliphatic heterocycles. The predicted molar refractivity (Wildman–Crippen MR) is 91.3 cm³/mol. The van der Waals surface area contributed by atoms with Gasteiger partial charge in [-0.2, -0.15) is 0 Å². The number of carbonyl (C=O) groups excluding carboxylic acids is 1. The number of hydrogen-bond donors (Lipinski definition) is 0. The van der Waals surface area contributed by atoms with Gasteiger partial charge in [-0.25, -0.2) is 8.42 Å². The quantitative estimate of drug-likeness (QED) is 0.835. The maximum absolute atomic E-state index is 12.6. The van der Waals surface area contributed by atoms with Crippen LogP contribution in [0.4, 0.5) is 0 Å². The van der Waals surface area contributed by atoms with E-state index in [1.54, 1.807) is 36.4 Å². The molecule has 1 saturated heterocycles. The Bertz CT molecular complexity index is 858. The highest BCUT2D eigenvalue weighted by molar-refractivity contribution is 7.92. The monoisotopic (exact) mass is 365 g/mol. The average Bonchev–Trinajstić information content (AvgIpc) is 2.53. The van der Waals surface area contributed by atoms with E-state index in [1.807, 2.05) is 0 Å². The molecule has 1 heterocycles. The third-order valence-corrected chi connectivity index (χ3v) is 6.37. The van der Waals surface area contributed by atoms with E-state index in [-0.39, 0.29) is 23.9 Å². The fraction of sp³-hybridized carbons (Fsp3) is 0.235. The van der Waals surface area contributed by atoms with E-state index in [2.05, 4.69) is 0 Å². The largest absolute Gasteiger partial charge is 0.497 e. The van der Waals surface area contributed by atoms with Gasteiger partial charge in [0.2, 0.25) is 0 Å². The fourth-order valence-corrected chi connectivity index (χ4v) is 4.41. The first-order valence-corrected chi connectivity index (χ1v) is 9.27. The molecule has 0 N–H and O–H groups in total. The van der Waals surface area contributed by atoms with Gasteiger partial charge in [0.25, 0.3) is 5.91 Å². The van der Waals surface area contributed by atoms with Gasteiger partial charge in [-0.1, -0.05) is 17.7 Å². The first-order valence-electron chi connectivity index (χ1n) is 7.34. The molecule has 0 atom stereocenters. The Morgan fingerprint density at radius 3 is 2.42 bits per heavy atom. The topological polar surface area (TPSA) is 63.7 Å². The van der Waals surface area contributed by atoms with Gasteiger partial charge in [0.05, 0.1) is 12.0 Å². The number of amides is 1. The third-order valence-electron chi connectivity index (χ3n) is 4.03. The second-order valence-corrected chi connectivity index (χ2v) is 8.23. The Balaban J connectivity index is 1.69.